The summed E-state index contributed by atoms with van der Waals surface area (Å²) < 4.78 is 1.57. The number of phenols is 1. The van der Waals surface area contributed by atoms with Crippen LogP contribution in [-0.2, 0) is 4.79 Å². The van der Waals surface area contributed by atoms with E-state index in [1.165, 1.54) is 0 Å². The Labute approximate surface area is 210 Å². The Kier molecular flexibility index (Phi) is 8.77. The van der Waals surface area contributed by atoms with E-state index in [9.17, 15) is 14.7 Å². The van der Waals surface area contributed by atoms with Gasteiger partial charge < -0.3 is 32.9 Å². The highest BCUT2D eigenvalue weighted by Gasteiger charge is 2.21. The summed E-state index contributed by atoms with van der Waals surface area (Å²) in [7, 11) is 0. The SMILES string of the molecule is CCC(NC(=O)CNC(=O)c1nc(N=C(N)N)c(C#N)nc1N)c1cc(I)cc(I)c1O. The molecule has 2 rings (SSSR count). The maximum absolute atomic E-state index is 12.5. The fourth-order valence-electron chi connectivity index (χ4n) is 2.62. The van der Waals surface area contributed by atoms with E-state index in [2.05, 4.69) is 48.2 Å². The number of guanidine groups is 1. The van der Waals surface area contributed by atoms with Crippen molar-refractivity contribution in [1.82, 2.24) is 20.6 Å². The Bertz CT molecular complexity index is 1130. The monoisotopic (exact) mass is 663 g/mol. The molecule has 1 aromatic carbocycles. The molecule has 0 spiro atoms. The van der Waals surface area contributed by atoms with Crippen molar-refractivity contribution < 1.29 is 14.7 Å². The number of aromatic hydroxyl groups is 1. The normalized spacial score (nSPS) is 11.2. The van der Waals surface area contributed by atoms with Crippen molar-refractivity contribution in [3.8, 4) is 11.8 Å². The van der Waals surface area contributed by atoms with Crippen LogP contribution in [0.3, 0.4) is 0 Å². The smallest absolute Gasteiger partial charge is 0.274 e. The first kappa shape index (κ1) is 25.3. The van der Waals surface area contributed by atoms with Crippen LogP contribution in [0.15, 0.2) is 17.1 Å². The molecule has 9 N–H and O–H groups in total. The average molecular weight is 663 g/mol. The number of hydrogen-bond acceptors (Lipinski definition) is 8. The zero-order chi connectivity index (χ0) is 24.0. The molecule has 2 aromatic rings. The second-order valence-electron chi connectivity index (χ2n) is 6.31. The number of nitrogens with two attached hydrogens (primary N) is 3. The standard InChI is InChI=1S/C18H19I2N9O3/c1-2-10(8-3-7(19)4-9(20)14(8)31)26-12(30)6-25-17(32)13-15(22)27-11(5-21)16(28-13)29-18(23)24/h3-4,10,31H,2,6H2,1H3,(H2,22,27)(H,25,32)(H,26,30)(H4,23,24,28,29). The molecule has 32 heavy (non-hydrogen) atoms. The third-order valence-corrected chi connectivity index (χ3v) is 5.49. The summed E-state index contributed by atoms with van der Waals surface area (Å²) in [5.41, 5.74) is 16.3. The van der Waals surface area contributed by atoms with Crippen molar-refractivity contribution in [1.29, 1.82) is 5.26 Å². The molecule has 1 heterocycles. The van der Waals surface area contributed by atoms with Crippen LogP contribution in [0.1, 0.15) is 41.1 Å². The van der Waals surface area contributed by atoms with Gasteiger partial charge in [0.25, 0.3) is 5.91 Å². The van der Waals surface area contributed by atoms with Gasteiger partial charge in [-0.1, -0.05) is 6.92 Å². The van der Waals surface area contributed by atoms with Gasteiger partial charge in [-0.25, -0.2) is 9.97 Å². The molecule has 14 heteroatoms. The Hall–Kier alpha value is -2.94. The number of carbonyl (C=O) groups is 2. The number of anilines is 1. The van der Waals surface area contributed by atoms with Crippen LogP contribution < -0.4 is 27.8 Å². The predicted molar refractivity (Wildman–Crippen MR) is 134 cm³/mol. The van der Waals surface area contributed by atoms with Crippen LogP contribution in [0.4, 0.5) is 11.6 Å². The number of nitrogens with one attached hydrogen (secondary N) is 2. The zero-order valence-electron chi connectivity index (χ0n) is 16.7. The lowest BCUT2D eigenvalue weighted by atomic mass is 10.0. The van der Waals surface area contributed by atoms with E-state index in [4.69, 9.17) is 22.5 Å². The molecule has 0 saturated heterocycles. The highest BCUT2D eigenvalue weighted by molar-refractivity contribution is 14.1. The number of aliphatic imine (C=N–C) groups is 1. The molecule has 2 amide bonds. The van der Waals surface area contributed by atoms with E-state index >= 15 is 0 Å². The third kappa shape index (κ3) is 6.29. The highest BCUT2D eigenvalue weighted by atomic mass is 127. The third-order valence-electron chi connectivity index (χ3n) is 4.05. The Morgan fingerprint density at radius 3 is 2.59 bits per heavy atom. The highest BCUT2D eigenvalue weighted by Crippen LogP contribution is 2.32. The number of phenolic OH excluding ortho intramolecular Hbond substituents is 1. The van der Waals surface area contributed by atoms with E-state index in [0.29, 0.717) is 15.6 Å². The van der Waals surface area contributed by atoms with Crippen molar-refractivity contribution >= 4 is 74.6 Å². The molecule has 0 aliphatic carbocycles. The van der Waals surface area contributed by atoms with Crippen molar-refractivity contribution in [2.45, 2.75) is 19.4 Å². The van der Waals surface area contributed by atoms with Crippen molar-refractivity contribution in [3.63, 3.8) is 0 Å². The van der Waals surface area contributed by atoms with Gasteiger partial charge in [0.05, 0.1) is 16.2 Å². The summed E-state index contributed by atoms with van der Waals surface area (Å²) in [6, 6.07) is 4.86. The topological polar surface area (TPSA) is 218 Å². The molecule has 1 aromatic heterocycles. The Morgan fingerprint density at radius 2 is 2.00 bits per heavy atom. The fraction of sp³-hybridized carbons (Fsp3) is 0.222. The van der Waals surface area contributed by atoms with Crippen LogP contribution in [0.25, 0.3) is 0 Å². The minimum Gasteiger partial charge on any atom is -0.506 e. The molecule has 168 valence electrons. The number of nitrogen functional groups attached to an aromatic ring is 1. The van der Waals surface area contributed by atoms with Gasteiger partial charge in [0.15, 0.2) is 29.0 Å². The van der Waals surface area contributed by atoms with Gasteiger partial charge in [-0.05, 0) is 63.7 Å². The first-order valence-corrected chi connectivity index (χ1v) is 11.2. The van der Waals surface area contributed by atoms with Crippen molar-refractivity contribution in [2.24, 2.45) is 16.5 Å². The Balaban J connectivity index is 2.14. The summed E-state index contributed by atoms with van der Waals surface area (Å²) in [6.45, 7) is 1.46. The molecular formula is C18H19I2N9O3. The largest absolute Gasteiger partial charge is 0.506 e. The molecular weight excluding hydrogens is 644 g/mol. The van der Waals surface area contributed by atoms with E-state index in [0.717, 1.165) is 3.57 Å². The lowest BCUT2D eigenvalue weighted by Gasteiger charge is -2.20. The molecule has 0 bridgehead atoms. The van der Waals surface area contributed by atoms with Crippen LogP contribution in [0, 0.1) is 18.5 Å². The molecule has 0 fully saturated rings. The number of rotatable bonds is 7. The van der Waals surface area contributed by atoms with E-state index in [-0.39, 0.29) is 34.7 Å². The molecule has 12 nitrogen and oxygen atoms in total. The van der Waals surface area contributed by atoms with E-state index in [1.807, 2.05) is 35.6 Å². The molecule has 1 atom stereocenters. The van der Waals surface area contributed by atoms with E-state index in [1.54, 1.807) is 12.1 Å². The number of benzene rings is 1. The van der Waals surface area contributed by atoms with Gasteiger partial charge in [-0.2, -0.15) is 10.3 Å². The lowest BCUT2D eigenvalue weighted by Crippen LogP contribution is -2.39. The second-order valence-corrected chi connectivity index (χ2v) is 8.72. The number of aromatic nitrogens is 2. The number of nitrogens with zero attached hydrogens (tertiary/aromatic N) is 4. The van der Waals surface area contributed by atoms with Crippen molar-refractivity contribution in [3.05, 3.63) is 36.2 Å². The van der Waals surface area contributed by atoms with Gasteiger partial charge in [-0.3, -0.25) is 9.59 Å². The number of carbonyl (C=O) groups excluding carboxylic acids is 2. The second kappa shape index (κ2) is 11.1. The Morgan fingerprint density at radius 1 is 1.31 bits per heavy atom. The van der Waals surface area contributed by atoms with Crippen LogP contribution in [0.2, 0.25) is 0 Å². The van der Waals surface area contributed by atoms with Crippen LogP contribution in [-0.4, -0.2) is 39.4 Å². The van der Waals surface area contributed by atoms with Gasteiger partial charge in [-0.15, -0.1) is 0 Å². The summed E-state index contributed by atoms with van der Waals surface area (Å²) in [5, 5.41) is 24.6. The summed E-state index contributed by atoms with van der Waals surface area (Å²) in [4.78, 5) is 36.2. The molecule has 0 radical (unpaired) electrons. The predicted octanol–water partition coefficient (Wildman–Crippen LogP) is 0.747. The minimum absolute atomic E-state index is 0.0927. The first-order valence-electron chi connectivity index (χ1n) is 9.00. The lowest BCUT2D eigenvalue weighted by molar-refractivity contribution is -0.120. The average Bonchev–Trinajstić information content (AvgIpc) is 2.73. The summed E-state index contributed by atoms with van der Waals surface area (Å²) >= 11 is 4.14. The minimum atomic E-state index is -0.804. The molecule has 0 saturated carbocycles. The van der Waals surface area contributed by atoms with Gasteiger partial charge in [0.1, 0.15) is 11.8 Å². The quantitative estimate of drug-likeness (QED) is 0.140. The van der Waals surface area contributed by atoms with Crippen LogP contribution in [0.5, 0.6) is 5.75 Å². The first-order chi connectivity index (χ1) is 15.1. The van der Waals surface area contributed by atoms with Crippen LogP contribution >= 0.6 is 45.2 Å². The fourth-order valence-corrected chi connectivity index (χ4v) is 4.51. The van der Waals surface area contributed by atoms with E-state index < -0.39 is 24.4 Å². The maximum atomic E-state index is 12.5. The van der Waals surface area contributed by atoms with Gasteiger partial charge in [0.2, 0.25) is 5.91 Å². The molecule has 0 aliphatic rings. The summed E-state index contributed by atoms with van der Waals surface area (Å²) in [5.74, 6) is -2.19. The van der Waals surface area contributed by atoms with Gasteiger partial charge >= 0.3 is 0 Å². The maximum Gasteiger partial charge on any atom is 0.274 e. The zero-order valence-corrected chi connectivity index (χ0v) is 21.0. The molecule has 0 aliphatic heterocycles. The number of nitriles is 1. The number of hydrogen-bond donors (Lipinski definition) is 6. The van der Waals surface area contributed by atoms with Gasteiger partial charge in [0, 0.05) is 9.13 Å². The summed E-state index contributed by atoms with van der Waals surface area (Å²) in [6.07, 6.45) is 0.513. The number of amides is 2. The van der Waals surface area contributed by atoms with Crippen molar-refractivity contribution in [2.75, 3.05) is 12.3 Å². The number of halogens is 2. The molecule has 1 unspecified atom stereocenters.